The van der Waals surface area contributed by atoms with Gasteiger partial charge in [0.1, 0.15) is 0 Å². The summed E-state index contributed by atoms with van der Waals surface area (Å²) in [6, 6.07) is 95.7. The largest absolute Gasteiger partial charge is 0.228 e. The van der Waals surface area contributed by atoms with Crippen molar-refractivity contribution in [3.05, 3.63) is 273 Å². The third-order valence-corrected chi connectivity index (χ3v) is 13.8. The summed E-state index contributed by atoms with van der Waals surface area (Å²) in [5.41, 5.74) is 17.0. The molecule has 0 N–H and O–H groups in total. The SMILES string of the molecule is c1ccc(-c2ccc(-c3cc(-c4ccc(-c5ccc6c(-c7cccc8cc(-c9ccc(-c%10nc(-c%11ccccc%11)nc(-c%11ccccc%11)n%10)cc9)ccc78)cccc6c5)cc4)nc(-c4ccccc4)n3)cc2)cc1. The molecule has 0 radical (unpaired) electrons. The highest BCUT2D eigenvalue weighted by Crippen LogP contribution is 2.38. The Bertz CT molecular complexity index is 4070. The number of fused-ring (bicyclic) bond motifs is 2. The van der Waals surface area contributed by atoms with Crippen molar-refractivity contribution in [1.29, 1.82) is 0 Å². The minimum absolute atomic E-state index is 0.639. The smallest absolute Gasteiger partial charge is 0.164 e. The lowest BCUT2D eigenvalue weighted by atomic mass is 9.91. The molecule has 346 valence electrons. The van der Waals surface area contributed by atoms with Gasteiger partial charge in [0, 0.05) is 33.4 Å². The summed E-state index contributed by atoms with van der Waals surface area (Å²) in [6.45, 7) is 0. The fourth-order valence-electron chi connectivity index (χ4n) is 9.90. The topological polar surface area (TPSA) is 64.5 Å². The highest BCUT2D eigenvalue weighted by molar-refractivity contribution is 6.07. The van der Waals surface area contributed by atoms with Gasteiger partial charge in [0.25, 0.3) is 0 Å². The lowest BCUT2D eigenvalue weighted by Crippen LogP contribution is -2.00. The highest BCUT2D eigenvalue weighted by Gasteiger charge is 2.16. The molecule has 74 heavy (non-hydrogen) atoms. The Kier molecular flexibility index (Phi) is 11.5. The summed E-state index contributed by atoms with van der Waals surface area (Å²) in [4.78, 5) is 24.9. The Labute approximate surface area is 429 Å². The maximum Gasteiger partial charge on any atom is 0.164 e. The summed E-state index contributed by atoms with van der Waals surface area (Å²) >= 11 is 0. The average Bonchev–Trinajstić information content (AvgIpc) is 3.49. The van der Waals surface area contributed by atoms with Crippen LogP contribution in [0.25, 0.3) is 134 Å². The molecule has 0 unspecified atom stereocenters. The van der Waals surface area contributed by atoms with Gasteiger partial charge in [-0.2, -0.15) is 0 Å². The van der Waals surface area contributed by atoms with Crippen molar-refractivity contribution in [2.75, 3.05) is 0 Å². The summed E-state index contributed by atoms with van der Waals surface area (Å²) in [6.07, 6.45) is 0. The molecule has 0 aliphatic carbocycles. The molecule has 0 fully saturated rings. The van der Waals surface area contributed by atoms with Gasteiger partial charge in [-0.05, 0) is 84.3 Å². The quantitative estimate of drug-likeness (QED) is 0.137. The van der Waals surface area contributed by atoms with Gasteiger partial charge >= 0.3 is 0 Å². The molecule has 0 saturated carbocycles. The molecule has 11 aromatic carbocycles. The highest BCUT2D eigenvalue weighted by atomic mass is 15.0. The summed E-state index contributed by atoms with van der Waals surface area (Å²) in [7, 11) is 0. The molecular weight excluding hydrogens is 899 g/mol. The van der Waals surface area contributed by atoms with Crippen LogP contribution in [0.3, 0.4) is 0 Å². The zero-order valence-corrected chi connectivity index (χ0v) is 40.2. The predicted octanol–water partition coefficient (Wildman–Crippen LogP) is 17.6. The lowest BCUT2D eigenvalue weighted by molar-refractivity contribution is 1.07. The Hall–Kier alpha value is -9.97. The first kappa shape index (κ1) is 44.0. The summed E-state index contributed by atoms with van der Waals surface area (Å²) < 4.78 is 0. The number of nitrogens with zero attached hydrogens (tertiary/aromatic N) is 5. The zero-order valence-electron chi connectivity index (χ0n) is 40.2. The van der Waals surface area contributed by atoms with E-state index in [0.717, 1.165) is 67.0 Å². The number of rotatable bonds is 10. The van der Waals surface area contributed by atoms with Crippen LogP contribution in [-0.4, -0.2) is 24.9 Å². The number of benzene rings is 11. The summed E-state index contributed by atoms with van der Waals surface area (Å²) in [5, 5.41) is 4.79. The number of hydrogen-bond acceptors (Lipinski definition) is 5. The number of hydrogen-bond donors (Lipinski definition) is 0. The first-order chi connectivity index (χ1) is 36.6. The van der Waals surface area contributed by atoms with Gasteiger partial charge in [0.15, 0.2) is 23.3 Å². The third kappa shape index (κ3) is 8.80. The van der Waals surface area contributed by atoms with Crippen molar-refractivity contribution in [3.63, 3.8) is 0 Å². The third-order valence-electron chi connectivity index (χ3n) is 13.8. The van der Waals surface area contributed by atoms with Crippen LogP contribution in [0.1, 0.15) is 0 Å². The van der Waals surface area contributed by atoms with E-state index in [1.165, 1.54) is 43.8 Å². The molecule has 0 spiro atoms. The van der Waals surface area contributed by atoms with Crippen LogP contribution in [0.5, 0.6) is 0 Å². The van der Waals surface area contributed by atoms with Gasteiger partial charge in [0.2, 0.25) is 0 Å². The van der Waals surface area contributed by atoms with E-state index >= 15 is 0 Å². The normalized spacial score (nSPS) is 11.2. The van der Waals surface area contributed by atoms with Crippen LogP contribution in [0.2, 0.25) is 0 Å². The minimum atomic E-state index is 0.639. The average molecular weight is 944 g/mol. The van der Waals surface area contributed by atoms with Crippen molar-refractivity contribution < 1.29 is 0 Å². The van der Waals surface area contributed by atoms with Gasteiger partial charge in [-0.1, -0.05) is 255 Å². The fourth-order valence-corrected chi connectivity index (χ4v) is 9.90. The predicted molar refractivity (Wildman–Crippen MR) is 305 cm³/mol. The molecule has 2 aromatic heterocycles. The summed E-state index contributed by atoms with van der Waals surface area (Å²) in [5.74, 6) is 2.64. The molecule has 0 atom stereocenters. The molecule has 0 aliphatic heterocycles. The van der Waals surface area contributed by atoms with Gasteiger partial charge in [-0.15, -0.1) is 0 Å². The van der Waals surface area contributed by atoms with Gasteiger partial charge in [-0.3, -0.25) is 0 Å². The van der Waals surface area contributed by atoms with E-state index in [1.807, 2.05) is 84.9 Å². The van der Waals surface area contributed by atoms with Crippen LogP contribution in [0.4, 0.5) is 0 Å². The first-order valence-corrected chi connectivity index (χ1v) is 24.9. The monoisotopic (exact) mass is 943 g/mol. The first-order valence-electron chi connectivity index (χ1n) is 24.9. The van der Waals surface area contributed by atoms with Crippen molar-refractivity contribution in [1.82, 2.24) is 24.9 Å². The van der Waals surface area contributed by atoms with Gasteiger partial charge < -0.3 is 0 Å². The van der Waals surface area contributed by atoms with Crippen LogP contribution in [-0.2, 0) is 0 Å². The van der Waals surface area contributed by atoms with E-state index in [9.17, 15) is 0 Å². The van der Waals surface area contributed by atoms with E-state index in [0.29, 0.717) is 23.3 Å². The molecule has 2 heterocycles. The van der Waals surface area contributed by atoms with Crippen LogP contribution >= 0.6 is 0 Å². The molecular formula is C69H45N5. The van der Waals surface area contributed by atoms with E-state index in [1.54, 1.807) is 0 Å². The Balaban J connectivity index is 0.775. The number of aromatic nitrogens is 5. The molecule has 13 aromatic rings. The molecule has 0 bridgehead atoms. The lowest BCUT2D eigenvalue weighted by Gasteiger charge is -2.13. The van der Waals surface area contributed by atoms with Crippen molar-refractivity contribution in [3.8, 4) is 113 Å². The van der Waals surface area contributed by atoms with E-state index in [2.05, 4.69) is 188 Å². The molecule has 0 saturated heterocycles. The van der Waals surface area contributed by atoms with Crippen LogP contribution in [0, 0.1) is 0 Å². The van der Waals surface area contributed by atoms with E-state index in [-0.39, 0.29) is 0 Å². The molecule has 0 aliphatic rings. The van der Waals surface area contributed by atoms with Crippen molar-refractivity contribution in [2.24, 2.45) is 0 Å². The Morgan fingerprint density at radius 2 is 0.459 bits per heavy atom. The van der Waals surface area contributed by atoms with Crippen LogP contribution < -0.4 is 0 Å². The Morgan fingerprint density at radius 1 is 0.176 bits per heavy atom. The Morgan fingerprint density at radius 3 is 0.851 bits per heavy atom. The standard InChI is InChI=1S/C69H45N5/c1-5-15-46(16-6-1)47-27-33-50(34-28-47)64-45-65(71-66(70-64)52-17-7-2-8-18-52)51-35-29-48(30-36-51)56-39-41-60-58(43-56)23-13-25-62(60)63-26-14-24-59-44-57(40-42-61(59)63)49-31-37-55(38-32-49)69-73-67(53-19-9-3-10-20-53)72-68(74-69)54-21-11-4-12-22-54/h1-45H. The van der Waals surface area contributed by atoms with E-state index in [4.69, 9.17) is 24.9 Å². The van der Waals surface area contributed by atoms with Gasteiger partial charge in [-0.25, -0.2) is 24.9 Å². The maximum absolute atomic E-state index is 5.11. The molecule has 5 nitrogen and oxygen atoms in total. The second kappa shape index (κ2) is 19.3. The molecule has 13 rings (SSSR count). The fraction of sp³-hybridized carbons (Fsp3) is 0. The van der Waals surface area contributed by atoms with Crippen molar-refractivity contribution in [2.45, 2.75) is 0 Å². The van der Waals surface area contributed by atoms with E-state index < -0.39 is 0 Å². The minimum Gasteiger partial charge on any atom is -0.228 e. The second-order valence-corrected chi connectivity index (χ2v) is 18.4. The molecule has 0 amide bonds. The maximum atomic E-state index is 5.11. The second-order valence-electron chi connectivity index (χ2n) is 18.4. The molecule has 5 heteroatoms. The zero-order chi connectivity index (χ0) is 49.2. The van der Waals surface area contributed by atoms with Gasteiger partial charge in [0.05, 0.1) is 11.4 Å². The van der Waals surface area contributed by atoms with Crippen LogP contribution in [0.15, 0.2) is 273 Å². The van der Waals surface area contributed by atoms with Crippen molar-refractivity contribution >= 4 is 21.5 Å².